The molecule has 0 aliphatic heterocycles. The monoisotopic (exact) mass is 735 g/mol. The molecular formula is C57H37N. The van der Waals surface area contributed by atoms with Crippen molar-refractivity contribution in [3.05, 3.63) is 247 Å². The second kappa shape index (κ2) is 12.8. The molecule has 0 heterocycles. The number of benzene rings is 10. The number of rotatable bonds is 5. The van der Waals surface area contributed by atoms with Gasteiger partial charge in [-0.25, -0.2) is 0 Å². The molecule has 1 heteroatoms. The first kappa shape index (κ1) is 32.7. The van der Waals surface area contributed by atoms with E-state index in [0.29, 0.717) is 0 Å². The Morgan fingerprint density at radius 3 is 1.48 bits per heavy atom. The van der Waals surface area contributed by atoms with Crippen molar-refractivity contribution in [3.8, 4) is 44.5 Å². The number of hydrogen-bond acceptors (Lipinski definition) is 1. The van der Waals surface area contributed by atoms with Crippen LogP contribution in [0.2, 0.25) is 0 Å². The van der Waals surface area contributed by atoms with Crippen molar-refractivity contribution in [3.63, 3.8) is 0 Å². The summed E-state index contributed by atoms with van der Waals surface area (Å²) in [5.74, 6) is 0. The van der Waals surface area contributed by atoms with Crippen LogP contribution in [-0.2, 0) is 5.41 Å². The maximum Gasteiger partial charge on any atom is 0.0732 e. The van der Waals surface area contributed by atoms with Crippen LogP contribution in [0.5, 0.6) is 0 Å². The lowest BCUT2D eigenvalue weighted by atomic mass is 9.69. The number of hydrogen-bond donors (Lipinski definition) is 0. The van der Waals surface area contributed by atoms with Gasteiger partial charge in [-0.3, -0.25) is 0 Å². The molecule has 0 saturated heterocycles. The van der Waals surface area contributed by atoms with Crippen molar-refractivity contribution in [2.24, 2.45) is 0 Å². The van der Waals surface area contributed by atoms with Crippen molar-refractivity contribution in [2.75, 3.05) is 4.90 Å². The topological polar surface area (TPSA) is 3.24 Å². The van der Waals surface area contributed by atoms with Gasteiger partial charge in [0.15, 0.2) is 0 Å². The standard InChI is InChI=1S/C57H37N/c1-2-13-38(14-3-1)39-25-30-43(31-26-39)58(44-32-27-42(28-33-44)47-22-12-17-40-15-4-6-18-46(40)47)45-34-36-51-49-20-8-10-23-53(49)57(55(51)37-45)54-24-11-9-21-50(54)52-35-29-41-16-5-7-19-48(41)56(52)57/h1-37H. The third kappa shape index (κ3) is 4.71. The molecule has 1 nitrogen and oxygen atoms in total. The molecule has 58 heavy (non-hydrogen) atoms. The molecule has 1 spiro atoms. The lowest BCUT2D eigenvalue weighted by Gasteiger charge is -2.33. The Morgan fingerprint density at radius 2 is 0.759 bits per heavy atom. The van der Waals surface area contributed by atoms with E-state index in [1.165, 1.54) is 88.3 Å². The first-order valence-corrected chi connectivity index (χ1v) is 20.2. The van der Waals surface area contributed by atoms with Crippen molar-refractivity contribution >= 4 is 38.6 Å². The summed E-state index contributed by atoms with van der Waals surface area (Å²) in [5, 5.41) is 5.09. The van der Waals surface area contributed by atoms with Gasteiger partial charge in [-0.2, -0.15) is 0 Å². The van der Waals surface area contributed by atoms with Crippen molar-refractivity contribution in [2.45, 2.75) is 5.41 Å². The van der Waals surface area contributed by atoms with Gasteiger partial charge in [-0.05, 0) is 125 Å². The Morgan fingerprint density at radius 1 is 0.276 bits per heavy atom. The summed E-state index contributed by atoms with van der Waals surface area (Å²) >= 11 is 0. The van der Waals surface area contributed by atoms with E-state index in [4.69, 9.17) is 0 Å². The number of nitrogens with zero attached hydrogens (tertiary/aromatic N) is 1. The third-order valence-electron chi connectivity index (χ3n) is 12.7. The van der Waals surface area contributed by atoms with Crippen LogP contribution >= 0.6 is 0 Å². The predicted octanol–water partition coefficient (Wildman–Crippen LogP) is 15.1. The number of fused-ring (bicyclic) bond motifs is 13. The summed E-state index contributed by atoms with van der Waals surface area (Å²) in [6, 6.07) is 83.0. The molecular weight excluding hydrogens is 699 g/mol. The van der Waals surface area contributed by atoms with Crippen LogP contribution in [-0.4, -0.2) is 0 Å². The molecule has 0 bridgehead atoms. The van der Waals surface area contributed by atoms with Gasteiger partial charge in [0.2, 0.25) is 0 Å². The summed E-state index contributed by atoms with van der Waals surface area (Å²) in [4.78, 5) is 2.43. The normalized spacial score (nSPS) is 14.6. The second-order valence-electron chi connectivity index (χ2n) is 15.6. The molecule has 0 N–H and O–H groups in total. The maximum absolute atomic E-state index is 2.49. The molecule has 0 fully saturated rings. The quantitative estimate of drug-likeness (QED) is 0.170. The molecule has 2 aliphatic rings. The molecule has 2 aliphatic carbocycles. The maximum atomic E-state index is 2.49. The zero-order valence-electron chi connectivity index (χ0n) is 31.8. The first-order valence-electron chi connectivity index (χ1n) is 20.2. The number of anilines is 3. The van der Waals surface area contributed by atoms with Gasteiger partial charge in [0.25, 0.3) is 0 Å². The van der Waals surface area contributed by atoms with E-state index in [9.17, 15) is 0 Å². The van der Waals surface area contributed by atoms with Crippen LogP contribution in [0.25, 0.3) is 66.1 Å². The van der Waals surface area contributed by atoms with Crippen LogP contribution in [0.1, 0.15) is 22.3 Å². The molecule has 0 aromatic heterocycles. The third-order valence-corrected chi connectivity index (χ3v) is 12.7. The molecule has 0 amide bonds. The van der Waals surface area contributed by atoms with Gasteiger partial charge >= 0.3 is 0 Å². The van der Waals surface area contributed by atoms with Crippen LogP contribution in [0.15, 0.2) is 224 Å². The second-order valence-corrected chi connectivity index (χ2v) is 15.6. The minimum Gasteiger partial charge on any atom is -0.310 e. The zero-order chi connectivity index (χ0) is 38.2. The van der Waals surface area contributed by atoms with Crippen molar-refractivity contribution < 1.29 is 0 Å². The van der Waals surface area contributed by atoms with E-state index in [-0.39, 0.29) is 0 Å². The van der Waals surface area contributed by atoms with Crippen LogP contribution in [0.4, 0.5) is 17.1 Å². The van der Waals surface area contributed by atoms with Crippen LogP contribution in [0.3, 0.4) is 0 Å². The molecule has 10 aromatic rings. The van der Waals surface area contributed by atoms with Gasteiger partial charge in [0.1, 0.15) is 0 Å². The van der Waals surface area contributed by atoms with Gasteiger partial charge < -0.3 is 4.90 Å². The zero-order valence-corrected chi connectivity index (χ0v) is 31.8. The average Bonchev–Trinajstić information content (AvgIpc) is 3.77. The van der Waals surface area contributed by atoms with Crippen molar-refractivity contribution in [1.82, 2.24) is 0 Å². The lowest BCUT2D eigenvalue weighted by molar-refractivity contribution is 0.801. The van der Waals surface area contributed by atoms with E-state index >= 15 is 0 Å². The molecule has 270 valence electrons. The van der Waals surface area contributed by atoms with E-state index in [1.807, 2.05) is 0 Å². The summed E-state index contributed by atoms with van der Waals surface area (Å²) in [6.45, 7) is 0. The van der Waals surface area contributed by atoms with Gasteiger partial charge in [-0.1, -0.05) is 188 Å². The fourth-order valence-corrected chi connectivity index (χ4v) is 10.2. The Bertz CT molecular complexity index is 3200. The molecule has 0 radical (unpaired) electrons. The van der Waals surface area contributed by atoms with Gasteiger partial charge in [0, 0.05) is 17.1 Å². The first-order chi connectivity index (χ1) is 28.8. The molecule has 10 aromatic carbocycles. The Labute approximate surface area is 338 Å². The Hall–Kier alpha value is -7.48. The van der Waals surface area contributed by atoms with E-state index < -0.39 is 5.41 Å². The highest BCUT2D eigenvalue weighted by molar-refractivity contribution is 6.04. The largest absolute Gasteiger partial charge is 0.310 e. The van der Waals surface area contributed by atoms with Gasteiger partial charge in [0.05, 0.1) is 5.41 Å². The summed E-state index contributed by atoms with van der Waals surface area (Å²) < 4.78 is 0. The minimum absolute atomic E-state index is 0.476. The van der Waals surface area contributed by atoms with Crippen LogP contribution < -0.4 is 4.90 Å². The molecule has 1 unspecified atom stereocenters. The van der Waals surface area contributed by atoms with Crippen molar-refractivity contribution in [1.29, 1.82) is 0 Å². The molecule has 0 saturated carbocycles. The minimum atomic E-state index is -0.476. The average molecular weight is 736 g/mol. The van der Waals surface area contributed by atoms with E-state index in [2.05, 4.69) is 229 Å². The van der Waals surface area contributed by atoms with E-state index in [1.54, 1.807) is 0 Å². The highest BCUT2D eigenvalue weighted by Gasteiger charge is 2.52. The molecule has 12 rings (SSSR count). The summed E-state index contributed by atoms with van der Waals surface area (Å²) in [5.41, 5.74) is 18.4. The van der Waals surface area contributed by atoms with Gasteiger partial charge in [-0.15, -0.1) is 0 Å². The predicted molar refractivity (Wildman–Crippen MR) is 243 cm³/mol. The lowest BCUT2D eigenvalue weighted by Crippen LogP contribution is -2.26. The summed E-state index contributed by atoms with van der Waals surface area (Å²) in [6.07, 6.45) is 0. The molecule has 1 atom stereocenters. The fraction of sp³-hybridized carbons (Fsp3) is 0.0175. The Kier molecular flexibility index (Phi) is 7.21. The Balaban J connectivity index is 1.09. The summed E-state index contributed by atoms with van der Waals surface area (Å²) in [7, 11) is 0. The highest BCUT2D eigenvalue weighted by Crippen LogP contribution is 2.64. The smallest absolute Gasteiger partial charge is 0.0732 e. The van der Waals surface area contributed by atoms with E-state index in [0.717, 1.165) is 17.1 Å². The van der Waals surface area contributed by atoms with Crippen LogP contribution in [0, 0.1) is 0 Å². The SMILES string of the molecule is c1ccc(-c2ccc(N(c3ccc(-c4cccc5ccccc45)cc3)c3ccc4c(c3)C3(c5ccccc5-4)c4ccccc4-c4ccc5ccccc5c43)cc2)cc1. The highest BCUT2D eigenvalue weighted by atomic mass is 15.1. The fourth-order valence-electron chi connectivity index (χ4n) is 10.2.